The van der Waals surface area contributed by atoms with E-state index in [0.717, 1.165) is 36.0 Å². The maximum Gasteiger partial charge on any atom is 0.236 e. The van der Waals surface area contributed by atoms with Crippen LogP contribution in [0.4, 0.5) is 5.13 Å². The van der Waals surface area contributed by atoms with Crippen LogP contribution >= 0.6 is 23.1 Å². The number of nitrogens with zero attached hydrogens (tertiary/aromatic N) is 5. The maximum absolute atomic E-state index is 12.3. The minimum Gasteiger partial charge on any atom is -0.301 e. The van der Waals surface area contributed by atoms with Gasteiger partial charge in [-0.05, 0) is 49.0 Å². The predicted octanol–water partition coefficient (Wildman–Crippen LogP) is 3.63. The van der Waals surface area contributed by atoms with Crippen molar-refractivity contribution in [3.05, 3.63) is 10.6 Å². The van der Waals surface area contributed by atoms with Gasteiger partial charge in [-0.2, -0.15) is 0 Å². The smallest absolute Gasteiger partial charge is 0.236 e. The van der Waals surface area contributed by atoms with E-state index in [1.165, 1.54) is 60.9 Å². The zero-order valence-electron chi connectivity index (χ0n) is 14.8. The van der Waals surface area contributed by atoms with Gasteiger partial charge in [-0.3, -0.25) is 4.79 Å². The highest BCUT2D eigenvalue weighted by Gasteiger charge is 2.22. The number of fused-ring (bicyclic) bond motifs is 1. The van der Waals surface area contributed by atoms with E-state index in [-0.39, 0.29) is 5.91 Å². The predicted molar refractivity (Wildman–Crippen MR) is 103 cm³/mol. The summed E-state index contributed by atoms with van der Waals surface area (Å²) in [6.07, 6.45) is 11.8. The van der Waals surface area contributed by atoms with Gasteiger partial charge in [0.2, 0.25) is 11.1 Å². The molecule has 0 bridgehead atoms. The molecule has 0 atom stereocenters. The van der Waals surface area contributed by atoms with Crippen LogP contribution in [0.1, 0.15) is 68.0 Å². The molecule has 1 fully saturated rings. The molecule has 2 aliphatic carbocycles. The molecule has 2 aromatic rings. The van der Waals surface area contributed by atoms with Gasteiger partial charge >= 0.3 is 0 Å². The van der Waals surface area contributed by atoms with E-state index in [2.05, 4.69) is 25.8 Å². The topological polar surface area (TPSA) is 85.6 Å². The van der Waals surface area contributed by atoms with Gasteiger partial charge in [-0.25, -0.2) is 9.67 Å². The van der Waals surface area contributed by atoms with E-state index in [1.54, 1.807) is 11.3 Å². The van der Waals surface area contributed by atoms with Gasteiger partial charge in [0.15, 0.2) is 5.13 Å². The van der Waals surface area contributed by atoms with Crippen LogP contribution in [-0.2, 0) is 17.6 Å². The van der Waals surface area contributed by atoms with Crippen LogP contribution in [0.2, 0.25) is 0 Å². The highest BCUT2D eigenvalue weighted by Crippen LogP contribution is 2.32. The van der Waals surface area contributed by atoms with Gasteiger partial charge in [-0.15, -0.1) is 16.4 Å². The molecule has 0 radical (unpaired) electrons. The molecule has 140 valence electrons. The lowest BCUT2D eigenvalue weighted by Gasteiger charge is -2.10. The number of tetrazole rings is 1. The lowest BCUT2D eigenvalue weighted by molar-refractivity contribution is -0.113. The molecule has 7 nitrogen and oxygen atoms in total. The molecule has 26 heavy (non-hydrogen) atoms. The first-order chi connectivity index (χ1) is 12.8. The molecule has 0 spiro atoms. The van der Waals surface area contributed by atoms with E-state index < -0.39 is 0 Å². The van der Waals surface area contributed by atoms with Gasteiger partial charge < -0.3 is 5.32 Å². The van der Waals surface area contributed by atoms with Crippen molar-refractivity contribution < 1.29 is 4.79 Å². The number of thiazole rings is 1. The fraction of sp³-hybridized carbons (Fsp3) is 0.706. The molecular weight excluding hydrogens is 368 g/mol. The quantitative estimate of drug-likeness (QED) is 0.782. The molecule has 1 N–H and O–H groups in total. The molecule has 1 saturated carbocycles. The Kier molecular flexibility index (Phi) is 5.84. The minimum atomic E-state index is -0.0438. The Balaban J connectivity index is 1.33. The van der Waals surface area contributed by atoms with Crippen LogP contribution in [0, 0.1) is 0 Å². The summed E-state index contributed by atoms with van der Waals surface area (Å²) in [6.45, 7) is 0. The first-order valence-corrected chi connectivity index (χ1v) is 11.3. The van der Waals surface area contributed by atoms with E-state index in [0.29, 0.717) is 11.8 Å². The second kappa shape index (κ2) is 8.47. The van der Waals surface area contributed by atoms with Gasteiger partial charge in [-0.1, -0.05) is 37.4 Å². The van der Waals surface area contributed by atoms with Crippen molar-refractivity contribution >= 4 is 34.1 Å². The molecule has 0 saturated heterocycles. The average molecular weight is 393 g/mol. The molecule has 1 amide bonds. The molecule has 9 heteroatoms. The third-order valence-corrected chi connectivity index (χ3v) is 7.06. The number of aryl methyl sites for hydroxylation is 2. The molecule has 2 heterocycles. The molecule has 0 unspecified atom stereocenters. The minimum absolute atomic E-state index is 0.0438. The van der Waals surface area contributed by atoms with Crippen molar-refractivity contribution in [3.63, 3.8) is 0 Å². The van der Waals surface area contributed by atoms with Crippen LogP contribution < -0.4 is 5.32 Å². The Hall–Kier alpha value is -1.48. The first-order valence-electron chi connectivity index (χ1n) is 9.48. The molecule has 4 rings (SSSR count). The summed E-state index contributed by atoms with van der Waals surface area (Å²) in [5.41, 5.74) is 1.18. The number of thioether (sulfide) groups is 1. The third-order valence-electron chi connectivity index (χ3n) is 5.06. The normalized spacial score (nSPS) is 18.3. The molecular formula is C17H24N6OS2. The van der Waals surface area contributed by atoms with Crippen LogP contribution in [0.25, 0.3) is 0 Å². The fourth-order valence-electron chi connectivity index (χ4n) is 3.70. The second-order valence-electron chi connectivity index (χ2n) is 6.98. The number of hydrogen-bond acceptors (Lipinski definition) is 7. The largest absolute Gasteiger partial charge is 0.301 e. The van der Waals surface area contributed by atoms with Gasteiger partial charge in [0.05, 0.1) is 17.5 Å². The number of rotatable bonds is 5. The van der Waals surface area contributed by atoms with E-state index in [4.69, 9.17) is 0 Å². The highest BCUT2D eigenvalue weighted by atomic mass is 32.2. The average Bonchev–Trinajstić information content (AvgIpc) is 3.34. The molecule has 0 aromatic carbocycles. The van der Waals surface area contributed by atoms with Crippen molar-refractivity contribution in [2.45, 2.75) is 75.4 Å². The standard InChI is InChI=1S/C17H24N6OS2/c24-15(11-25-17-20-21-22-23(17)12-7-5-6-8-12)19-16-18-13-9-3-1-2-4-10-14(13)26-16/h12H,1-11H2,(H,18,19,24). The lowest BCUT2D eigenvalue weighted by atomic mass is 10.0. The number of anilines is 1. The van der Waals surface area contributed by atoms with Crippen molar-refractivity contribution in [2.75, 3.05) is 11.1 Å². The summed E-state index contributed by atoms with van der Waals surface area (Å²) >= 11 is 3.04. The number of aromatic nitrogens is 5. The van der Waals surface area contributed by atoms with Crippen LogP contribution in [0.5, 0.6) is 0 Å². The Morgan fingerprint density at radius 3 is 2.81 bits per heavy atom. The maximum atomic E-state index is 12.3. The second-order valence-corrected chi connectivity index (χ2v) is 9.01. The fourth-order valence-corrected chi connectivity index (χ4v) is 5.51. The summed E-state index contributed by atoms with van der Waals surface area (Å²) in [7, 11) is 0. The first kappa shape index (κ1) is 17.9. The van der Waals surface area contributed by atoms with Crippen molar-refractivity contribution in [3.8, 4) is 0 Å². The molecule has 2 aliphatic rings. The van der Waals surface area contributed by atoms with Crippen LogP contribution in [0.15, 0.2) is 5.16 Å². The van der Waals surface area contributed by atoms with Crippen molar-refractivity contribution in [2.24, 2.45) is 0 Å². The Bertz CT molecular complexity index is 727. The van der Waals surface area contributed by atoms with Crippen molar-refractivity contribution in [1.29, 1.82) is 0 Å². The van der Waals surface area contributed by atoms with E-state index in [1.807, 2.05) is 4.68 Å². The molecule has 2 aromatic heterocycles. The number of carbonyl (C=O) groups is 1. The third kappa shape index (κ3) is 4.25. The summed E-state index contributed by atoms with van der Waals surface area (Å²) < 4.78 is 1.89. The zero-order chi connectivity index (χ0) is 17.8. The van der Waals surface area contributed by atoms with Gasteiger partial charge in [0.25, 0.3) is 0 Å². The SMILES string of the molecule is O=C(CSc1nnnn1C1CCCC1)Nc1nc2c(s1)CCCCCC2. The summed E-state index contributed by atoms with van der Waals surface area (Å²) in [4.78, 5) is 18.3. The summed E-state index contributed by atoms with van der Waals surface area (Å²) in [5, 5.41) is 16.4. The van der Waals surface area contributed by atoms with Crippen LogP contribution in [-0.4, -0.2) is 36.9 Å². The highest BCUT2D eigenvalue weighted by molar-refractivity contribution is 7.99. The number of carbonyl (C=O) groups excluding carboxylic acids is 1. The van der Waals surface area contributed by atoms with Gasteiger partial charge in [0, 0.05) is 4.88 Å². The van der Waals surface area contributed by atoms with E-state index in [9.17, 15) is 4.79 Å². The van der Waals surface area contributed by atoms with Crippen LogP contribution in [0.3, 0.4) is 0 Å². The van der Waals surface area contributed by atoms with Gasteiger partial charge in [0.1, 0.15) is 0 Å². The Labute approximate surface area is 161 Å². The molecule has 0 aliphatic heterocycles. The zero-order valence-corrected chi connectivity index (χ0v) is 16.4. The Morgan fingerprint density at radius 2 is 1.96 bits per heavy atom. The number of hydrogen-bond donors (Lipinski definition) is 1. The number of nitrogens with one attached hydrogen (secondary N) is 1. The number of amides is 1. The summed E-state index contributed by atoms with van der Waals surface area (Å²) in [6, 6.07) is 0.383. The monoisotopic (exact) mass is 392 g/mol. The van der Waals surface area contributed by atoms with E-state index >= 15 is 0 Å². The summed E-state index contributed by atoms with van der Waals surface area (Å²) in [5.74, 6) is 0.259. The van der Waals surface area contributed by atoms with Crippen molar-refractivity contribution in [1.82, 2.24) is 25.2 Å². The Morgan fingerprint density at radius 1 is 1.15 bits per heavy atom. The lowest BCUT2D eigenvalue weighted by Crippen LogP contribution is -2.15.